The van der Waals surface area contributed by atoms with Crippen LogP contribution in [0.4, 0.5) is 5.69 Å². The van der Waals surface area contributed by atoms with Crippen LogP contribution < -0.4 is 16.2 Å². The minimum absolute atomic E-state index is 0.000874. The molecular weight excluding hydrogens is 709 g/mol. The first-order valence-electron chi connectivity index (χ1n) is 19.3. The summed E-state index contributed by atoms with van der Waals surface area (Å²) >= 11 is 0. The average Bonchev–Trinajstić information content (AvgIpc) is 3.80. The first-order valence-corrected chi connectivity index (χ1v) is 19.3. The molecule has 5 heterocycles. The van der Waals surface area contributed by atoms with Gasteiger partial charge in [0.2, 0.25) is 5.91 Å². The van der Waals surface area contributed by atoms with Gasteiger partial charge in [-0.2, -0.15) is 5.10 Å². The zero-order chi connectivity index (χ0) is 38.9. The summed E-state index contributed by atoms with van der Waals surface area (Å²) in [5.41, 5.74) is 6.50. The number of amides is 3. The molecule has 5 aromatic rings. The van der Waals surface area contributed by atoms with Gasteiger partial charge in [0.05, 0.1) is 16.8 Å². The fourth-order valence-corrected chi connectivity index (χ4v) is 7.20. The van der Waals surface area contributed by atoms with Crippen LogP contribution in [0, 0.1) is 0 Å². The third kappa shape index (κ3) is 9.24. The summed E-state index contributed by atoms with van der Waals surface area (Å²) in [4.78, 5) is 61.4. The van der Waals surface area contributed by atoms with Gasteiger partial charge in [-0.05, 0) is 78.8 Å². The normalized spacial score (nSPS) is 14.4. The highest BCUT2D eigenvalue weighted by Crippen LogP contribution is 2.29. The van der Waals surface area contributed by atoms with E-state index in [0.29, 0.717) is 63.2 Å². The molecule has 7 rings (SSSR count). The molecule has 2 aromatic carbocycles. The van der Waals surface area contributed by atoms with Crippen molar-refractivity contribution in [1.29, 1.82) is 0 Å². The van der Waals surface area contributed by atoms with E-state index in [1.165, 1.54) is 17.1 Å². The summed E-state index contributed by atoms with van der Waals surface area (Å²) < 4.78 is 1.56. The van der Waals surface area contributed by atoms with E-state index in [2.05, 4.69) is 20.6 Å². The number of carbonyl (C=O) groups excluding carboxylic acids is 3. The van der Waals surface area contributed by atoms with E-state index in [0.717, 1.165) is 70.9 Å². The van der Waals surface area contributed by atoms with Crippen molar-refractivity contribution in [3.05, 3.63) is 119 Å². The van der Waals surface area contributed by atoms with Crippen LogP contribution in [0.5, 0.6) is 0 Å². The molecule has 1 unspecified atom stereocenters. The maximum absolute atomic E-state index is 14.0. The van der Waals surface area contributed by atoms with Gasteiger partial charge in [-0.3, -0.25) is 38.9 Å². The molecule has 288 valence electrons. The average molecular weight is 755 g/mol. The van der Waals surface area contributed by atoms with Crippen molar-refractivity contribution in [2.45, 2.75) is 77.4 Å². The summed E-state index contributed by atoms with van der Waals surface area (Å²) in [7, 11) is 0. The van der Waals surface area contributed by atoms with Gasteiger partial charge in [-0.25, -0.2) is 4.68 Å². The molecule has 3 aromatic heterocycles. The molecule has 0 fully saturated rings. The molecule has 2 aliphatic rings. The van der Waals surface area contributed by atoms with Crippen molar-refractivity contribution in [2.75, 3.05) is 18.4 Å². The fraction of sp³-hybridized carbons (Fsp3) is 0.326. The Bertz CT molecular complexity index is 2240. The Kier molecular flexibility index (Phi) is 12.3. The number of aryl methyl sites for hydroxylation is 1. The minimum atomic E-state index is -0.876. The third-order valence-corrected chi connectivity index (χ3v) is 10.3. The van der Waals surface area contributed by atoms with Crippen LogP contribution in [0.2, 0.25) is 0 Å². The maximum Gasteiger partial charge on any atom is 0.274 e. The van der Waals surface area contributed by atoms with E-state index in [9.17, 15) is 24.3 Å². The van der Waals surface area contributed by atoms with Crippen molar-refractivity contribution in [3.63, 3.8) is 0 Å². The number of nitrogens with zero attached hydrogens (tertiary/aromatic N) is 6. The molecule has 1 atom stereocenters. The Morgan fingerprint density at radius 3 is 2.38 bits per heavy atom. The number of carbonyl (C=O) groups is 3. The first kappa shape index (κ1) is 38.2. The molecule has 2 aliphatic heterocycles. The summed E-state index contributed by atoms with van der Waals surface area (Å²) in [6.45, 7) is 2.65. The van der Waals surface area contributed by atoms with Gasteiger partial charge < -0.3 is 15.7 Å². The lowest BCUT2D eigenvalue weighted by Gasteiger charge is -2.24. The van der Waals surface area contributed by atoms with Crippen LogP contribution in [0.3, 0.4) is 0 Å². The number of hydrogen-bond donors (Lipinski definition) is 3. The number of aliphatic hydroxyl groups excluding tert-OH is 1. The lowest BCUT2D eigenvalue weighted by Crippen LogP contribution is -2.36. The number of rotatable bonds is 18. The quantitative estimate of drug-likeness (QED) is 0.0601. The van der Waals surface area contributed by atoms with Gasteiger partial charge in [0.1, 0.15) is 0 Å². The number of aliphatic hydroxyl groups is 1. The van der Waals surface area contributed by atoms with E-state index in [1.54, 1.807) is 17.1 Å². The maximum atomic E-state index is 14.0. The van der Waals surface area contributed by atoms with Gasteiger partial charge in [-0.1, -0.05) is 49.6 Å². The monoisotopic (exact) mass is 754 g/mol. The van der Waals surface area contributed by atoms with Crippen molar-refractivity contribution >= 4 is 34.3 Å². The second-order valence-corrected chi connectivity index (χ2v) is 14.2. The Labute approximate surface area is 325 Å². The molecule has 0 radical (unpaired) electrons. The summed E-state index contributed by atoms with van der Waals surface area (Å²) in [6, 6.07) is 21.1. The molecule has 0 saturated carbocycles. The largest absolute Gasteiger partial charge is 0.361 e. The number of benzene rings is 2. The number of aromatic nitrogens is 4. The molecular formula is C43H46N8O5. The van der Waals surface area contributed by atoms with Gasteiger partial charge >= 0.3 is 0 Å². The van der Waals surface area contributed by atoms with Crippen molar-refractivity contribution < 1.29 is 19.5 Å². The van der Waals surface area contributed by atoms with Crippen LogP contribution in [0.1, 0.15) is 62.5 Å². The van der Waals surface area contributed by atoms with E-state index in [-0.39, 0.29) is 23.3 Å². The Balaban J connectivity index is 0.938. The number of anilines is 1. The minimum Gasteiger partial charge on any atom is -0.361 e. The standard InChI is InChI=1S/C43H46N8O5/c52-39(13-4-3-6-24-50-40(53)18-19-41(50)54)46-21-5-1-2-7-25-51-42(55)36(34-10-8-12-37-35(34)11-9-22-45-37)26-38(48-51)30-14-16-33(17-15-30)47-43(56)49-28-31-20-23-44-27-32(31)29-49/h8-12,14-20,22-23,26-27,43,47,56H,1-7,13,21,24-25,28-29H2,(H,46,52). The van der Waals surface area contributed by atoms with Gasteiger partial charge in [0.15, 0.2) is 6.35 Å². The number of pyridine rings is 2. The Morgan fingerprint density at radius 2 is 1.55 bits per heavy atom. The Hall–Kier alpha value is -6.05. The van der Waals surface area contributed by atoms with E-state index in [1.807, 2.05) is 77.8 Å². The van der Waals surface area contributed by atoms with Crippen LogP contribution in [-0.4, -0.2) is 71.8 Å². The predicted molar refractivity (Wildman–Crippen MR) is 214 cm³/mol. The van der Waals surface area contributed by atoms with Gasteiger partial charge in [-0.15, -0.1) is 0 Å². The highest BCUT2D eigenvalue weighted by atomic mass is 16.3. The zero-order valence-corrected chi connectivity index (χ0v) is 31.3. The predicted octanol–water partition coefficient (Wildman–Crippen LogP) is 5.39. The highest BCUT2D eigenvalue weighted by molar-refractivity contribution is 6.12. The molecule has 0 saturated heterocycles. The van der Waals surface area contributed by atoms with E-state index < -0.39 is 6.35 Å². The van der Waals surface area contributed by atoms with Crippen LogP contribution >= 0.6 is 0 Å². The number of hydrogen-bond acceptors (Lipinski definition) is 10. The van der Waals surface area contributed by atoms with Crippen molar-refractivity contribution in [3.8, 4) is 22.4 Å². The SMILES string of the molecule is O=C(CCCCCN1C(=O)C=CC1=O)NCCCCCCn1nc(-c2ccc(NC(O)N3Cc4ccncc4C3)cc2)cc(-c2cccc3ncccc23)c1=O. The molecule has 0 bridgehead atoms. The number of unbranched alkanes of at least 4 members (excludes halogenated alkanes) is 5. The molecule has 0 aliphatic carbocycles. The third-order valence-electron chi connectivity index (χ3n) is 10.3. The van der Waals surface area contributed by atoms with Crippen LogP contribution in [-0.2, 0) is 34.0 Å². The summed E-state index contributed by atoms with van der Waals surface area (Å²) in [5, 5.41) is 22.8. The second kappa shape index (κ2) is 18.1. The molecule has 3 amide bonds. The highest BCUT2D eigenvalue weighted by Gasteiger charge is 2.25. The first-order chi connectivity index (χ1) is 27.3. The van der Waals surface area contributed by atoms with E-state index in [4.69, 9.17) is 5.10 Å². The summed E-state index contributed by atoms with van der Waals surface area (Å²) in [5.74, 6) is -0.548. The lowest BCUT2D eigenvalue weighted by atomic mass is 10.00. The zero-order valence-electron chi connectivity index (χ0n) is 31.3. The smallest absolute Gasteiger partial charge is 0.274 e. The van der Waals surface area contributed by atoms with Crippen molar-refractivity contribution in [1.82, 2.24) is 34.9 Å². The molecule has 13 heteroatoms. The number of imide groups is 1. The van der Waals surface area contributed by atoms with E-state index >= 15 is 0 Å². The molecule has 13 nitrogen and oxygen atoms in total. The second-order valence-electron chi connectivity index (χ2n) is 14.2. The molecule has 56 heavy (non-hydrogen) atoms. The fourth-order valence-electron chi connectivity index (χ4n) is 7.20. The van der Waals surface area contributed by atoms with Gasteiger partial charge in [0.25, 0.3) is 17.4 Å². The lowest BCUT2D eigenvalue weighted by molar-refractivity contribution is -0.137. The summed E-state index contributed by atoms with van der Waals surface area (Å²) in [6.07, 6.45) is 12.9. The number of fused-ring (bicyclic) bond motifs is 2. The molecule has 3 N–H and O–H groups in total. The van der Waals surface area contributed by atoms with Crippen LogP contribution in [0.25, 0.3) is 33.3 Å². The van der Waals surface area contributed by atoms with Gasteiger partial charge in [0, 0.05) is 86.5 Å². The van der Waals surface area contributed by atoms with Crippen LogP contribution in [0.15, 0.2) is 102 Å². The number of nitrogens with one attached hydrogen (secondary N) is 2. The molecule has 0 spiro atoms. The van der Waals surface area contributed by atoms with Crippen molar-refractivity contribution in [2.24, 2.45) is 0 Å². The topological polar surface area (TPSA) is 163 Å². The Morgan fingerprint density at radius 1 is 0.786 bits per heavy atom.